The second-order valence-electron chi connectivity index (χ2n) is 4.48. The Morgan fingerprint density at radius 2 is 1.65 bits per heavy atom. The van der Waals surface area contributed by atoms with E-state index in [1.165, 1.54) is 0 Å². The van der Waals surface area contributed by atoms with E-state index in [1.54, 1.807) is 11.0 Å². The van der Waals surface area contributed by atoms with Gasteiger partial charge in [-0.05, 0) is 32.4 Å². The average Bonchev–Trinajstić information content (AvgIpc) is 2.45. The van der Waals surface area contributed by atoms with Gasteiger partial charge in [0, 0.05) is 31.7 Å². The van der Waals surface area contributed by atoms with E-state index in [0.717, 1.165) is 5.56 Å². The maximum atomic E-state index is 11.9. The zero-order valence-corrected chi connectivity index (χ0v) is 12.4. The SMILES string of the molecule is CCN(CC)C(=O)NCCNC(=O)c1ccccc1C. The summed E-state index contributed by atoms with van der Waals surface area (Å²) < 4.78 is 0. The van der Waals surface area contributed by atoms with Crippen LogP contribution in [0, 0.1) is 6.92 Å². The van der Waals surface area contributed by atoms with Crippen LogP contribution in [0.5, 0.6) is 0 Å². The summed E-state index contributed by atoms with van der Waals surface area (Å²) in [5.41, 5.74) is 1.61. The third-order valence-corrected chi connectivity index (χ3v) is 3.13. The molecule has 0 atom stereocenters. The molecule has 110 valence electrons. The number of urea groups is 1. The van der Waals surface area contributed by atoms with Crippen molar-refractivity contribution in [3.8, 4) is 0 Å². The molecule has 2 N–H and O–H groups in total. The largest absolute Gasteiger partial charge is 0.350 e. The first-order chi connectivity index (χ1) is 9.60. The Morgan fingerprint density at radius 1 is 1.05 bits per heavy atom. The first-order valence-electron chi connectivity index (χ1n) is 6.96. The number of amides is 3. The maximum Gasteiger partial charge on any atom is 0.317 e. The van der Waals surface area contributed by atoms with Crippen LogP contribution in [0.25, 0.3) is 0 Å². The normalized spacial score (nSPS) is 9.95. The molecule has 0 saturated carbocycles. The number of aryl methyl sites for hydroxylation is 1. The Hall–Kier alpha value is -2.04. The van der Waals surface area contributed by atoms with Crippen LogP contribution in [0.3, 0.4) is 0 Å². The highest BCUT2D eigenvalue weighted by molar-refractivity contribution is 5.95. The number of nitrogens with one attached hydrogen (secondary N) is 2. The summed E-state index contributed by atoms with van der Waals surface area (Å²) in [5.74, 6) is -0.111. The van der Waals surface area contributed by atoms with Gasteiger partial charge in [0.25, 0.3) is 5.91 Å². The van der Waals surface area contributed by atoms with Crippen LogP contribution in [-0.2, 0) is 0 Å². The van der Waals surface area contributed by atoms with E-state index in [-0.39, 0.29) is 11.9 Å². The molecule has 0 aliphatic carbocycles. The van der Waals surface area contributed by atoms with E-state index in [1.807, 2.05) is 39.0 Å². The highest BCUT2D eigenvalue weighted by atomic mass is 16.2. The van der Waals surface area contributed by atoms with Gasteiger partial charge in [-0.25, -0.2) is 4.79 Å². The number of rotatable bonds is 6. The van der Waals surface area contributed by atoms with Gasteiger partial charge in [-0.3, -0.25) is 4.79 Å². The molecule has 0 aromatic heterocycles. The molecule has 0 fully saturated rings. The predicted molar refractivity (Wildman–Crippen MR) is 79.8 cm³/mol. The second kappa shape index (κ2) is 8.19. The summed E-state index contributed by atoms with van der Waals surface area (Å²) in [6.07, 6.45) is 0. The van der Waals surface area contributed by atoms with Crippen LogP contribution in [0.15, 0.2) is 24.3 Å². The summed E-state index contributed by atoms with van der Waals surface area (Å²) in [6.45, 7) is 7.96. The van der Waals surface area contributed by atoms with Crippen molar-refractivity contribution in [3.63, 3.8) is 0 Å². The first kappa shape index (κ1) is 16.0. The monoisotopic (exact) mass is 277 g/mol. The molecule has 0 spiro atoms. The fraction of sp³-hybridized carbons (Fsp3) is 0.467. The van der Waals surface area contributed by atoms with Gasteiger partial charge in [0.05, 0.1) is 0 Å². The number of carbonyl (C=O) groups excluding carboxylic acids is 2. The molecule has 0 heterocycles. The minimum Gasteiger partial charge on any atom is -0.350 e. The smallest absolute Gasteiger partial charge is 0.317 e. The maximum absolute atomic E-state index is 11.9. The van der Waals surface area contributed by atoms with Crippen LogP contribution in [-0.4, -0.2) is 43.0 Å². The third-order valence-electron chi connectivity index (χ3n) is 3.13. The number of nitrogens with zero attached hydrogens (tertiary/aromatic N) is 1. The molecular weight excluding hydrogens is 254 g/mol. The average molecular weight is 277 g/mol. The van der Waals surface area contributed by atoms with Crippen molar-refractivity contribution in [1.82, 2.24) is 15.5 Å². The van der Waals surface area contributed by atoms with Crippen molar-refractivity contribution in [2.75, 3.05) is 26.2 Å². The Labute approximate surface area is 120 Å². The van der Waals surface area contributed by atoms with E-state index in [2.05, 4.69) is 10.6 Å². The molecule has 0 bridgehead atoms. The van der Waals surface area contributed by atoms with E-state index < -0.39 is 0 Å². The van der Waals surface area contributed by atoms with Gasteiger partial charge >= 0.3 is 6.03 Å². The molecule has 3 amide bonds. The summed E-state index contributed by atoms with van der Waals surface area (Å²) in [6, 6.07) is 7.33. The van der Waals surface area contributed by atoms with Gasteiger partial charge < -0.3 is 15.5 Å². The molecule has 5 nitrogen and oxygen atoms in total. The second-order valence-corrected chi connectivity index (χ2v) is 4.48. The van der Waals surface area contributed by atoms with Crippen molar-refractivity contribution >= 4 is 11.9 Å². The molecule has 1 aromatic carbocycles. The standard InChI is InChI=1S/C15H23N3O2/c1-4-18(5-2)15(20)17-11-10-16-14(19)13-9-7-6-8-12(13)3/h6-9H,4-5,10-11H2,1-3H3,(H,16,19)(H,17,20). The number of carbonyl (C=O) groups is 2. The fourth-order valence-electron chi connectivity index (χ4n) is 1.89. The molecular formula is C15H23N3O2. The highest BCUT2D eigenvalue weighted by Crippen LogP contribution is 2.05. The van der Waals surface area contributed by atoms with Gasteiger partial charge in [0.15, 0.2) is 0 Å². The number of hydrogen-bond acceptors (Lipinski definition) is 2. The van der Waals surface area contributed by atoms with Crippen molar-refractivity contribution in [1.29, 1.82) is 0 Å². The molecule has 0 radical (unpaired) electrons. The lowest BCUT2D eigenvalue weighted by Gasteiger charge is -2.19. The minimum atomic E-state index is -0.111. The predicted octanol–water partition coefficient (Wildman–Crippen LogP) is 1.78. The number of benzene rings is 1. The summed E-state index contributed by atoms with van der Waals surface area (Å²) in [7, 11) is 0. The Balaban J connectivity index is 2.33. The van der Waals surface area contributed by atoms with E-state index in [0.29, 0.717) is 31.7 Å². The van der Waals surface area contributed by atoms with Crippen molar-refractivity contribution < 1.29 is 9.59 Å². The van der Waals surface area contributed by atoms with Crippen molar-refractivity contribution in [3.05, 3.63) is 35.4 Å². The van der Waals surface area contributed by atoms with Crippen LogP contribution in [0.1, 0.15) is 29.8 Å². The molecule has 1 aromatic rings. The van der Waals surface area contributed by atoms with Crippen LogP contribution >= 0.6 is 0 Å². The fourth-order valence-corrected chi connectivity index (χ4v) is 1.89. The zero-order valence-electron chi connectivity index (χ0n) is 12.4. The molecule has 20 heavy (non-hydrogen) atoms. The van der Waals surface area contributed by atoms with E-state index >= 15 is 0 Å². The van der Waals surface area contributed by atoms with E-state index in [4.69, 9.17) is 0 Å². The van der Waals surface area contributed by atoms with Crippen molar-refractivity contribution in [2.24, 2.45) is 0 Å². The Kier molecular flexibility index (Phi) is 6.56. The molecule has 1 rings (SSSR count). The summed E-state index contributed by atoms with van der Waals surface area (Å²) in [5, 5.41) is 5.58. The lowest BCUT2D eigenvalue weighted by atomic mass is 10.1. The Bertz CT molecular complexity index is 456. The van der Waals surface area contributed by atoms with Gasteiger partial charge in [0.2, 0.25) is 0 Å². The minimum absolute atomic E-state index is 0.0971. The topological polar surface area (TPSA) is 61.4 Å². The van der Waals surface area contributed by atoms with Crippen molar-refractivity contribution in [2.45, 2.75) is 20.8 Å². The Morgan fingerprint density at radius 3 is 2.25 bits per heavy atom. The van der Waals surface area contributed by atoms with Gasteiger partial charge in [0.1, 0.15) is 0 Å². The number of hydrogen-bond donors (Lipinski definition) is 2. The van der Waals surface area contributed by atoms with E-state index in [9.17, 15) is 9.59 Å². The van der Waals surface area contributed by atoms with Crippen LogP contribution < -0.4 is 10.6 Å². The van der Waals surface area contributed by atoms with Gasteiger partial charge in [-0.1, -0.05) is 18.2 Å². The third kappa shape index (κ3) is 4.57. The molecule has 0 aliphatic rings. The quantitative estimate of drug-likeness (QED) is 0.779. The summed E-state index contributed by atoms with van der Waals surface area (Å²) in [4.78, 5) is 25.3. The lowest BCUT2D eigenvalue weighted by molar-refractivity contribution is 0.0953. The van der Waals surface area contributed by atoms with Crippen LogP contribution in [0.4, 0.5) is 4.79 Å². The van der Waals surface area contributed by atoms with Gasteiger partial charge in [-0.15, -0.1) is 0 Å². The molecule has 5 heteroatoms. The van der Waals surface area contributed by atoms with Crippen LogP contribution in [0.2, 0.25) is 0 Å². The lowest BCUT2D eigenvalue weighted by Crippen LogP contribution is -2.42. The van der Waals surface area contributed by atoms with Gasteiger partial charge in [-0.2, -0.15) is 0 Å². The molecule has 0 saturated heterocycles. The molecule has 0 aliphatic heterocycles. The molecule has 0 unspecified atom stereocenters. The zero-order chi connectivity index (χ0) is 15.0. The summed E-state index contributed by atoms with van der Waals surface area (Å²) >= 11 is 0. The first-order valence-corrected chi connectivity index (χ1v) is 6.96. The highest BCUT2D eigenvalue weighted by Gasteiger charge is 2.09.